The molecule has 4 rings (SSSR count). The van der Waals surface area contributed by atoms with Crippen molar-refractivity contribution in [2.75, 3.05) is 26.3 Å². The number of benzene rings is 2. The lowest BCUT2D eigenvalue weighted by molar-refractivity contribution is 0.0296. The quantitative estimate of drug-likeness (QED) is 0.682. The summed E-state index contributed by atoms with van der Waals surface area (Å²) in [6, 6.07) is 15.6. The highest BCUT2D eigenvalue weighted by Crippen LogP contribution is 2.23. The Labute approximate surface area is 162 Å². The van der Waals surface area contributed by atoms with Crippen molar-refractivity contribution in [2.45, 2.75) is 6.61 Å². The molecule has 0 radical (unpaired) electrons. The Morgan fingerprint density at radius 3 is 2.50 bits per heavy atom. The first-order valence-corrected chi connectivity index (χ1v) is 9.10. The molecule has 0 bridgehead atoms. The fourth-order valence-corrected chi connectivity index (χ4v) is 2.99. The van der Waals surface area contributed by atoms with Gasteiger partial charge >= 0.3 is 0 Å². The van der Waals surface area contributed by atoms with Crippen molar-refractivity contribution in [3.05, 3.63) is 77.9 Å². The second-order valence-electron chi connectivity index (χ2n) is 6.44. The van der Waals surface area contributed by atoms with Crippen molar-refractivity contribution in [3.8, 4) is 11.4 Å². The molecule has 0 aliphatic carbocycles. The standard InChI is InChI=1S/C21H20FN3O3/c22-17-6-8-18(9-7-17)25-14-19(28-15-16-4-2-1-3-5-16)20(23-25)21(26)24-10-12-27-13-11-24/h1-9,14H,10-13,15H2. The third-order valence-electron chi connectivity index (χ3n) is 4.51. The van der Waals surface area contributed by atoms with Crippen molar-refractivity contribution in [2.24, 2.45) is 0 Å². The van der Waals surface area contributed by atoms with E-state index in [1.165, 1.54) is 16.8 Å². The molecule has 2 heterocycles. The number of hydrogen-bond acceptors (Lipinski definition) is 4. The first-order chi connectivity index (χ1) is 13.7. The fraction of sp³-hybridized carbons (Fsp3) is 0.238. The molecule has 7 heteroatoms. The molecule has 2 aromatic carbocycles. The van der Waals surface area contributed by atoms with Gasteiger partial charge in [0.2, 0.25) is 0 Å². The van der Waals surface area contributed by atoms with E-state index in [4.69, 9.17) is 9.47 Å². The van der Waals surface area contributed by atoms with Crippen LogP contribution in [0.4, 0.5) is 4.39 Å². The van der Waals surface area contributed by atoms with Gasteiger partial charge in [-0.25, -0.2) is 9.07 Å². The molecule has 0 unspecified atom stereocenters. The number of halogens is 1. The second-order valence-corrected chi connectivity index (χ2v) is 6.44. The van der Waals surface area contributed by atoms with Gasteiger partial charge in [0, 0.05) is 13.1 Å². The van der Waals surface area contributed by atoms with Gasteiger partial charge in [0.05, 0.1) is 25.1 Å². The van der Waals surface area contributed by atoms with Crippen LogP contribution in [0.5, 0.6) is 5.75 Å². The van der Waals surface area contributed by atoms with Crippen LogP contribution >= 0.6 is 0 Å². The van der Waals surface area contributed by atoms with E-state index in [2.05, 4.69) is 5.10 Å². The molecule has 0 N–H and O–H groups in total. The van der Waals surface area contributed by atoms with Crippen LogP contribution in [0.15, 0.2) is 60.8 Å². The molecular weight excluding hydrogens is 361 g/mol. The van der Waals surface area contributed by atoms with Crippen LogP contribution in [0, 0.1) is 5.82 Å². The first kappa shape index (κ1) is 18.2. The van der Waals surface area contributed by atoms with E-state index in [1.807, 2.05) is 30.3 Å². The number of hydrogen-bond donors (Lipinski definition) is 0. The highest BCUT2D eigenvalue weighted by molar-refractivity contribution is 5.95. The first-order valence-electron chi connectivity index (χ1n) is 9.10. The lowest BCUT2D eigenvalue weighted by Gasteiger charge is -2.26. The predicted octanol–water partition coefficient (Wildman–Crippen LogP) is 3.06. The van der Waals surface area contributed by atoms with E-state index in [0.717, 1.165) is 5.56 Å². The Morgan fingerprint density at radius 1 is 1.07 bits per heavy atom. The molecule has 1 aliphatic rings. The zero-order chi connectivity index (χ0) is 19.3. The summed E-state index contributed by atoms with van der Waals surface area (Å²) in [7, 11) is 0. The van der Waals surface area contributed by atoms with E-state index < -0.39 is 0 Å². The summed E-state index contributed by atoms with van der Waals surface area (Å²) in [6.45, 7) is 2.36. The lowest BCUT2D eigenvalue weighted by atomic mass is 10.2. The fourth-order valence-electron chi connectivity index (χ4n) is 2.99. The van der Waals surface area contributed by atoms with E-state index >= 15 is 0 Å². The molecule has 0 spiro atoms. The maximum absolute atomic E-state index is 13.2. The number of amides is 1. The van der Waals surface area contributed by atoms with Crippen LogP contribution < -0.4 is 4.74 Å². The minimum Gasteiger partial charge on any atom is -0.485 e. The number of morpholine rings is 1. The number of nitrogens with zero attached hydrogens (tertiary/aromatic N) is 3. The summed E-state index contributed by atoms with van der Waals surface area (Å²) in [5.74, 6) is -0.141. The van der Waals surface area contributed by atoms with E-state index in [1.54, 1.807) is 23.2 Å². The molecule has 1 amide bonds. The molecule has 1 aromatic heterocycles. The molecule has 1 fully saturated rings. The van der Waals surface area contributed by atoms with Crippen LogP contribution in [0.25, 0.3) is 5.69 Å². The number of carbonyl (C=O) groups excluding carboxylic acids is 1. The number of aromatic nitrogens is 2. The van der Waals surface area contributed by atoms with Crippen LogP contribution in [-0.4, -0.2) is 46.9 Å². The van der Waals surface area contributed by atoms with Gasteiger partial charge < -0.3 is 14.4 Å². The highest BCUT2D eigenvalue weighted by atomic mass is 19.1. The monoisotopic (exact) mass is 381 g/mol. The number of ether oxygens (including phenoxy) is 2. The zero-order valence-electron chi connectivity index (χ0n) is 15.3. The average Bonchev–Trinajstić information content (AvgIpc) is 3.18. The average molecular weight is 381 g/mol. The van der Waals surface area contributed by atoms with Crippen molar-refractivity contribution >= 4 is 5.91 Å². The van der Waals surface area contributed by atoms with Crippen molar-refractivity contribution < 1.29 is 18.7 Å². The molecule has 0 atom stereocenters. The van der Waals surface area contributed by atoms with Gasteiger partial charge in [-0.15, -0.1) is 0 Å². The van der Waals surface area contributed by atoms with Gasteiger partial charge in [0.25, 0.3) is 5.91 Å². The third kappa shape index (κ3) is 4.04. The zero-order valence-corrected chi connectivity index (χ0v) is 15.3. The van der Waals surface area contributed by atoms with Crippen molar-refractivity contribution in [3.63, 3.8) is 0 Å². The Hall–Kier alpha value is -3.19. The minimum atomic E-state index is -0.332. The molecule has 28 heavy (non-hydrogen) atoms. The second kappa shape index (κ2) is 8.22. The van der Waals surface area contributed by atoms with Crippen LogP contribution in [0.1, 0.15) is 16.1 Å². The molecule has 3 aromatic rings. The summed E-state index contributed by atoms with van der Waals surface area (Å²) in [4.78, 5) is 14.7. The maximum Gasteiger partial charge on any atom is 0.278 e. The highest BCUT2D eigenvalue weighted by Gasteiger charge is 2.25. The molecule has 1 aliphatic heterocycles. The summed E-state index contributed by atoms with van der Waals surface area (Å²) >= 11 is 0. The van der Waals surface area contributed by atoms with E-state index in [0.29, 0.717) is 44.3 Å². The summed E-state index contributed by atoms with van der Waals surface area (Å²) in [5.41, 5.74) is 1.87. The number of carbonyl (C=O) groups is 1. The van der Waals surface area contributed by atoms with E-state index in [9.17, 15) is 9.18 Å². The van der Waals surface area contributed by atoms with Crippen LogP contribution in [0.3, 0.4) is 0 Å². The van der Waals surface area contributed by atoms with Crippen LogP contribution in [0.2, 0.25) is 0 Å². The molecular formula is C21H20FN3O3. The van der Waals surface area contributed by atoms with Gasteiger partial charge in [-0.05, 0) is 29.8 Å². The molecule has 1 saturated heterocycles. The summed E-state index contributed by atoms with van der Waals surface area (Å²) in [5, 5.41) is 4.43. The molecule has 6 nitrogen and oxygen atoms in total. The van der Waals surface area contributed by atoms with Gasteiger partial charge in [0.15, 0.2) is 11.4 Å². The topological polar surface area (TPSA) is 56.6 Å². The normalized spacial score (nSPS) is 14.1. The van der Waals surface area contributed by atoms with Gasteiger partial charge in [-0.1, -0.05) is 30.3 Å². The van der Waals surface area contributed by atoms with Gasteiger partial charge in [-0.2, -0.15) is 5.10 Å². The Bertz CT molecular complexity index is 935. The third-order valence-corrected chi connectivity index (χ3v) is 4.51. The van der Waals surface area contributed by atoms with Gasteiger partial charge in [0.1, 0.15) is 12.4 Å². The van der Waals surface area contributed by atoms with Crippen molar-refractivity contribution in [1.29, 1.82) is 0 Å². The lowest BCUT2D eigenvalue weighted by Crippen LogP contribution is -2.41. The van der Waals surface area contributed by atoms with E-state index in [-0.39, 0.29) is 17.4 Å². The largest absolute Gasteiger partial charge is 0.485 e. The van der Waals surface area contributed by atoms with Crippen LogP contribution in [-0.2, 0) is 11.3 Å². The number of rotatable bonds is 5. The van der Waals surface area contributed by atoms with Crippen molar-refractivity contribution in [1.82, 2.24) is 14.7 Å². The predicted molar refractivity (Wildman–Crippen MR) is 101 cm³/mol. The molecule has 0 saturated carbocycles. The Morgan fingerprint density at radius 2 is 1.79 bits per heavy atom. The summed E-state index contributed by atoms with van der Waals surface area (Å²) in [6.07, 6.45) is 1.66. The SMILES string of the molecule is O=C(c1nn(-c2ccc(F)cc2)cc1OCc1ccccc1)N1CCOCC1. The Balaban J connectivity index is 1.63. The maximum atomic E-state index is 13.2. The smallest absolute Gasteiger partial charge is 0.278 e. The molecule has 144 valence electrons. The Kier molecular flexibility index (Phi) is 5.34. The van der Waals surface area contributed by atoms with Gasteiger partial charge in [-0.3, -0.25) is 4.79 Å². The minimum absolute atomic E-state index is 0.202. The summed E-state index contributed by atoms with van der Waals surface area (Å²) < 4.78 is 26.0.